The summed E-state index contributed by atoms with van der Waals surface area (Å²) >= 11 is 0. The van der Waals surface area contributed by atoms with E-state index in [9.17, 15) is 22.8 Å². The summed E-state index contributed by atoms with van der Waals surface area (Å²) in [5.74, 6) is -0.503. The smallest absolute Gasteiger partial charge is 0.401 e. The van der Waals surface area contributed by atoms with Crippen LogP contribution in [0.25, 0.3) is 22.0 Å². The third-order valence-electron chi connectivity index (χ3n) is 6.97. The molecule has 0 saturated heterocycles. The van der Waals surface area contributed by atoms with Gasteiger partial charge < -0.3 is 19.3 Å². The largest absolute Gasteiger partial charge is 0.493 e. The Morgan fingerprint density at radius 1 is 1.05 bits per heavy atom. The number of carbonyl (C=O) groups is 2. The van der Waals surface area contributed by atoms with E-state index in [1.807, 2.05) is 6.07 Å². The predicted octanol–water partition coefficient (Wildman–Crippen LogP) is 6.30. The third-order valence-corrected chi connectivity index (χ3v) is 6.97. The number of ketones is 1. The van der Waals surface area contributed by atoms with Gasteiger partial charge in [0.05, 0.1) is 24.9 Å². The van der Waals surface area contributed by atoms with Crippen LogP contribution in [0.3, 0.4) is 0 Å². The van der Waals surface area contributed by atoms with Crippen molar-refractivity contribution in [1.29, 1.82) is 0 Å². The molecule has 2 heterocycles. The molecular formula is C32H31F4N3O5. The number of allylic oxidation sites excluding steroid dienone is 2. The molecule has 12 heteroatoms. The number of amides is 1. The Labute approximate surface area is 251 Å². The van der Waals surface area contributed by atoms with E-state index < -0.39 is 17.4 Å². The molecule has 232 valence electrons. The Morgan fingerprint density at radius 2 is 1.82 bits per heavy atom. The minimum Gasteiger partial charge on any atom is -0.493 e. The fourth-order valence-electron chi connectivity index (χ4n) is 4.22. The maximum atomic E-state index is 15.0. The van der Waals surface area contributed by atoms with Crippen molar-refractivity contribution in [3.05, 3.63) is 83.6 Å². The number of benzene rings is 2. The lowest BCUT2D eigenvalue weighted by atomic mass is 9.89. The molecule has 0 radical (unpaired) electrons. The van der Waals surface area contributed by atoms with E-state index in [0.29, 0.717) is 34.7 Å². The van der Waals surface area contributed by atoms with Gasteiger partial charge in [0.2, 0.25) is 5.91 Å². The second-order valence-corrected chi connectivity index (χ2v) is 10.6. The standard InChI is InChI=1S/C32H31F4N3O5/c1-19(40)37-10-11-43-29-15-22-12-23(18-38-27(22)17-28(29)42-4)20-8-9-21(26(33)14-20)13-25(41)7-5-6-24-16-30(44-39-24)31(2,3)32(34,35)36/h5,7-9,12,14-18H,6,10-11,13H2,1-4H3,(H,37,40)/b7-5+. The summed E-state index contributed by atoms with van der Waals surface area (Å²) in [5, 5.41) is 7.03. The summed E-state index contributed by atoms with van der Waals surface area (Å²) in [6, 6.07) is 11.0. The molecule has 0 fully saturated rings. The van der Waals surface area contributed by atoms with Crippen LogP contribution in [0.5, 0.6) is 11.5 Å². The molecule has 0 aliphatic carbocycles. The van der Waals surface area contributed by atoms with Gasteiger partial charge in [-0.25, -0.2) is 4.39 Å². The molecule has 4 rings (SSSR count). The highest BCUT2D eigenvalue weighted by atomic mass is 19.4. The lowest BCUT2D eigenvalue weighted by molar-refractivity contribution is -0.185. The van der Waals surface area contributed by atoms with E-state index >= 15 is 4.39 Å². The number of nitrogens with zero attached hydrogens (tertiary/aromatic N) is 2. The van der Waals surface area contributed by atoms with Crippen molar-refractivity contribution in [2.75, 3.05) is 20.3 Å². The Balaban J connectivity index is 1.42. The Bertz CT molecular complexity index is 1700. The van der Waals surface area contributed by atoms with Crippen LogP contribution in [0, 0.1) is 5.82 Å². The van der Waals surface area contributed by atoms with Crippen LogP contribution in [-0.2, 0) is 27.8 Å². The van der Waals surface area contributed by atoms with E-state index in [2.05, 4.69) is 15.5 Å². The number of ether oxygens (including phenoxy) is 2. The number of carbonyl (C=O) groups excluding carboxylic acids is 2. The van der Waals surface area contributed by atoms with Gasteiger partial charge in [-0.15, -0.1) is 0 Å². The number of aromatic nitrogens is 2. The average molecular weight is 614 g/mol. The van der Waals surface area contributed by atoms with Crippen LogP contribution < -0.4 is 14.8 Å². The number of pyridine rings is 1. The van der Waals surface area contributed by atoms with Crippen molar-refractivity contribution in [3.63, 3.8) is 0 Å². The fraction of sp³-hybridized carbons (Fsp3) is 0.312. The Hall–Kier alpha value is -4.74. The van der Waals surface area contributed by atoms with Gasteiger partial charge in [0, 0.05) is 49.0 Å². The van der Waals surface area contributed by atoms with Crippen LogP contribution in [0.4, 0.5) is 17.6 Å². The lowest BCUT2D eigenvalue weighted by Crippen LogP contribution is -2.35. The molecule has 4 aromatic rings. The van der Waals surface area contributed by atoms with Gasteiger partial charge in [-0.3, -0.25) is 14.6 Å². The van der Waals surface area contributed by atoms with Gasteiger partial charge in [-0.05, 0) is 49.2 Å². The first-order chi connectivity index (χ1) is 20.8. The molecule has 44 heavy (non-hydrogen) atoms. The van der Waals surface area contributed by atoms with E-state index in [1.54, 1.807) is 24.4 Å². The first kappa shape index (κ1) is 32.2. The molecule has 0 saturated carbocycles. The Kier molecular flexibility index (Phi) is 9.71. The maximum absolute atomic E-state index is 15.0. The number of methoxy groups -OCH3 is 1. The minimum atomic E-state index is -4.51. The van der Waals surface area contributed by atoms with Gasteiger partial charge in [-0.2, -0.15) is 13.2 Å². The summed E-state index contributed by atoms with van der Waals surface area (Å²) in [6.07, 6.45) is -0.343. The SMILES string of the molecule is COc1cc2ncc(-c3ccc(CC(=O)/C=C/Cc4cc(C(C)(C)C(F)(F)F)on4)c(F)c3)cc2cc1OCCNC(C)=O. The molecule has 0 bridgehead atoms. The molecule has 0 atom stereocenters. The van der Waals surface area contributed by atoms with Crippen molar-refractivity contribution >= 4 is 22.6 Å². The van der Waals surface area contributed by atoms with Crippen LogP contribution in [0.1, 0.15) is 37.8 Å². The normalized spacial score (nSPS) is 12.1. The first-order valence-electron chi connectivity index (χ1n) is 13.6. The number of nitrogens with one attached hydrogen (secondary N) is 1. The van der Waals surface area contributed by atoms with E-state index in [0.717, 1.165) is 19.2 Å². The zero-order valence-electron chi connectivity index (χ0n) is 24.5. The number of hydrogen-bond donors (Lipinski definition) is 1. The summed E-state index contributed by atoms with van der Waals surface area (Å²) < 4.78 is 70.7. The van der Waals surface area contributed by atoms with Crippen LogP contribution in [0.15, 0.2) is 65.3 Å². The second kappa shape index (κ2) is 13.3. The van der Waals surface area contributed by atoms with Gasteiger partial charge in [-0.1, -0.05) is 23.4 Å². The molecule has 2 aromatic heterocycles. The van der Waals surface area contributed by atoms with E-state index in [1.165, 1.54) is 44.4 Å². The van der Waals surface area contributed by atoms with E-state index in [-0.39, 0.29) is 48.2 Å². The number of alkyl halides is 3. The molecule has 0 aliphatic heterocycles. The molecular weight excluding hydrogens is 582 g/mol. The van der Waals surface area contributed by atoms with Crippen molar-refractivity contribution in [3.8, 4) is 22.6 Å². The highest BCUT2D eigenvalue weighted by Gasteiger charge is 2.51. The van der Waals surface area contributed by atoms with Crippen LogP contribution in [0.2, 0.25) is 0 Å². The zero-order chi connectivity index (χ0) is 32.1. The summed E-state index contributed by atoms with van der Waals surface area (Å²) in [5.41, 5.74) is 0.0565. The second-order valence-electron chi connectivity index (χ2n) is 10.6. The third kappa shape index (κ3) is 7.61. The van der Waals surface area contributed by atoms with Crippen molar-refractivity contribution in [2.24, 2.45) is 0 Å². The highest BCUT2D eigenvalue weighted by molar-refractivity contribution is 5.91. The Morgan fingerprint density at radius 3 is 2.50 bits per heavy atom. The summed E-state index contributed by atoms with van der Waals surface area (Å²) in [4.78, 5) is 28.0. The highest BCUT2D eigenvalue weighted by Crippen LogP contribution is 2.40. The van der Waals surface area contributed by atoms with Crippen LogP contribution in [-0.4, -0.2) is 48.3 Å². The van der Waals surface area contributed by atoms with Gasteiger partial charge >= 0.3 is 6.18 Å². The van der Waals surface area contributed by atoms with Crippen LogP contribution >= 0.6 is 0 Å². The average Bonchev–Trinajstić information content (AvgIpc) is 3.44. The zero-order valence-corrected chi connectivity index (χ0v) is 24.5. The molecule has 0 unspecified atom stereocenters. The van der Waals surface area contributed by atoms with Gasteiger partial charge in [0.25, 0.3) is 0 Å². The molecule has 2 aromatic carbocycles. The maximum Gasteiger partial charge on any atom is 0.401 e. The molecule has 0 aliphatic rings. The quantitative estimate of drug-likeness (QED) is 0.114. The number of fused-ring (bicyclic) bond motifs is 1. The summed E-state index contributed by atoms with van der Waals surface area (Å²) in [7, 11) is 1.51. The van der Waals surface area contributed by atoms with E-state index in [4.69, 9.17) is 14.0 Å². The topological polar surface area (TPSA) is 104 Å². The minimum absolute atomic E-state index is 0.0769. The molecule has 0 spiro atoms. The van der Waals surface area contributed by atoms with Crippen molar-refractivity contribution < 1.29 is 41.1 Å². The monoisotopic (exact) mass is 613 g/mol. The first-order valence-corrected chi connectivity index (χ1v) is 13.6. The molecule has 8 nitrogen and oxygen atoms in total. The van der Waals surface area contributed by atoms with Gasteiger partial charge in [0.1, 0.15) is 17.8 Å². The lowest BCUT2D eigenvalue weighted by Gasteiger charge is -2.24. The molecule has 1 N–H and O–H groups in total. The van der Waals surface area contributed by atoms with Crippen molar-refractivity contribution in [2.45, 2.75) is 45.2 Å². The summed E-state index contributed by atoms with van der Waals surface area (Å²) in [6.45, 7) is 3.97. The predicted molar refractivity (Wildman–Crippen MR) is 155 cm³/mol. The number of rotatable bonds is 12. The fourth-order valence-corrected chi connectivity index (χ4v) is 4.22. The van der Waals surface area contributed by atoms with Gasteiger partial charge in [0.15, 0.2) is 23.0 Å². The number of halogens is 4. The van der Waals surface area contributed by atoms with Crippen molar-refractivity contribution in [1.82, 2.24) is 15.5 Å². The number of hydrogen-bond acceptors (Lipinski definition) is 7. The molecule has 1 amide bonds.